The molecular weight excluding hydrogens is 248 g/mol. The van der Waals surface area contributed by atoms with Gasteiger partial charge < -0.3 is 10.2 Å². The topological polar surface area (TPSA) is 32.3 Å². The van der Waals surface area contributed by atoms with Crippen LogP contribution in [0, 0.1) is 0 Å². The number of nitrogens with one attached hydrogen (secondary N) is 1. The van der Waals surface area contributed by atoms with Crippen molar-refractivity contribution < 1.29 is 4.79 Å². The van der Waals surface area contributed by atoms with E-state index in [1.54, 1.807) is 0 Å². The van der Waals surface area contributed by atoms with Crippen LogP contribution in [-0.2, 0) is 4.79 Å². The van der Waals surface area contributed by atoms with E-state index in [0.717, 1.165) is 24.0 Å². The highest BCUT2D eigenvalue weighted by Crippen LogP contribution is 2.31. The van der Waals surface area contributed by atoms with E-state index in [9.17, 15) is 4.79 Å². The van der Waals surface area contributed by atoms with E-state index in [-0.39, 0.29) is 11.9 Å². The van der Waals surface area contributed by atoms with Crippen LogP contribution in [0.5, 0.6) is 0 Å². The largest absolute Gasteiger partial charge is 0.310 e. The second kappa shape index (κ2) is 4.60. The molecule has 1 saturated heterocycles. The number of carbonyl (C=O) groups is 1. The molecule has 102 valence electrons. The standard InChI is InChI=1S/C17H18N2O/c20-17-15(18-13-8-9-13)10-11-19(17)16-7-3-5-12-4-1-2-6-14(12)16/h1-7,13,15,18H,8-11H2. The van der Waals surface area contributed by atoms with Crippen LogP contribution < -0.4 is 10.2 Å². The molecule has 1 heterocycles. The van der Waals surface area contributed by atoms with Gasteiger partial charge in [-0.25, -0.2) is 0 Å². The predicted octanol–water partition coefficient (Wildman–Crippen LogP) is 2.70. The van der Waals surface area contributed by atoms with E-state index in [2.05, 4.69) is 29.6 Å². The van der Waals surface area contributed by atoms with Crippen LogP contribution in [0.1, 0.15) is 19.3 Å². The van der Waals surface area contributed by atoms with Crippen LogP contribution in [0.25, 0.3) is 10.8 Å². The molecule has 20 heavy (non-hydrogen) atoms. The number of anilines is 1. The zero-order valence-electron chi connectivity index (χ0n) is 11.4. The Morgan fingerprint density at radius 2 is 1.80 bits per heavy atom. The molecule has 1 atom stereocenters. The Balaban J connectivity index is 1.67. The van der Waals surface area contributed by atoms with Gasteiger partial charge in [-0.3, -0.25) is 4.79 Å². The lowest BCUT2D eigenvalue weighted by molar-refractivity contribution is -0.118. The van der Waals surface area contributed by atoms with Gasteiger partial charge >= 0.3 is 0 Å². The summed E-state index contributed by atoms with van der Waals surface area (Å²) in [4.78, 5) is 14.5. The Morgan fingerprint density at radius 1 is 1.00 bits per heavy atom. The molecule has 1 aliphatic heterocycles. The van der Waals surface area contributed by atoms with Crippen LogP contribution in [-0.4, -0.2) is 24.5 Å². The fraction of sp³-hybridized carbons (Fsp3) is 0.353. The smallest absolute Gasteiger partial charge is 0.244 e. The van der Waals surface area contributed by atoms with Crippen LogP contribution in [0.2, 0.25) is 0 Å². The normalized spacial score (nSPS) is 22.7. The minimum absolute atomic E-state index is 0.0152. The Kier molecular flexibility index (Phi) is 2.74. The summed E-state index contributed by atoms with van der Waals surface area (Å²) in [6.45, 7) is 0.817. The van der Waals surface area contributed by atoms with E-state index < -0.39 is 0 Å². The maximum Gasteiger partial charge on any atom is 0.244 e. The molecule has 2 aromatic rings. The Bertz CT molecular complexity index is 658. The number of hydrogen-bond acceptors (Lipinski definition) is 2. The summed E-state index contributed by atoms with van der Waals surface area (Å²) in [6, 6.07) is 15.0. The van der Waals surface area contributed by atoms with Gasteiger partial charge in [-0.2, -0.15) is 0 Å². The number of fused-ring (bicyclic) bond motifs is 1. The first kappa shape index (κ1) is 11.9. The highest BCUT2D eigenvalue weighted by atomic mass is 16.2. The fourth-order valence-corrected chi connectivity index (χ4v) is 3.05. The molecule has 2 aromatic carbocycles. The highest BCUT2D eigenvalue weighted by molar-refractivity contribution is 6.06. The maximum atomic E-state index is 12.6. The lowest BCUT2D eigenvalue weighted by atomic mass is 10.1. The molecule has 1 aliphatic carbocycles. The Hall–Kier alpha value is -1.87. The molecule has 3 nitrogen and oxygen atoms in total. The lowest BCUT2D eigenvalue weighted by Crippen LogP contribution is -2.39. The van der Waals surface area contributed by atoms with Gasteiger partial charge in [0.2, 0.25) is 5.91 Å². The first-order valence-corrected chi connectivity index (χ1v) is 7.38. The first-order valence-electron chi connectivity index (χ1n) is 7.38. The number of nitrogens with zero attached hydrogens (tertiary/aromatic N) is 1. The van der Waals surface area contributed by atoms with Crippen LogP contribution in [0.15, 0.2) is 42.5 Å². The summed E-state index contributed by atoms with van der Waals surface area (Å²) in [7, 11) is 0. The molecular formula is C17H18N2O. The molecule has 2 aliphatic rings. The van der Waals surface area contributed by atoms with Crippen molar-refractivity contribution in [3.05, 3.63) is 42.5 Å². The van der Waals surface area contributed by atoms with Crippen LogP contribution in [0.4, 0.5) is 5.69 Å². The molecule has 0 radical (unpaired) electrons. The minimum Gasteiger partial charge on any atom is -0.310 e. The minimum atomic E-state index is 0.0152. The summed E-state index contributed by atoms with van der Waals surface area (Å²) < 4.78 is 0. The molecule has 1 amide bonds. The Morgan fingerprint density at radius 3 is 2.65 bits per heavy atom. The SMILES string of the molecule is O=C1C(NC2CC2)CCN1c1cccc2ccccc12. The van der Waals surface area contributed by atoms with Crippen molar-refractivity contribution in [3.63, 3.8) is 0 Å². The summed E-state index contributed by atoms with van der Waals surface area (Å²) >= 11 is 0. The Labute approximate surface area is 118 Å². The summed E-state index contributed by atoms with van der Waals surface area (Å²) in [5.41, 5.74) is 1.05. The van der Waals surface area contributed by atoms with E-state index >= 15 is 0 Å². The summed E-state index contributed by atoms with van der Waals surface area (Å²) in [6.07, 6.45) is 3.36. The molecule has 3 heteroatoms. The third kappa shape index (κ3) is 1.98. The van der Waals surface area contributed by atoms with Gasteiger partial charge in [0.25, 0.3) is 0 Å². The highest BCUT2D eigenvalue weighted by Gasteiger charge is 2.36. The molecule has 0 bridgehead atoms. The second-order valence-electron chi connectivity index (χ2n) is 5.77. The number of hydrogen-bond donors (Lipinski definition) is 1. The fourth-order valence-electron chi connectivity index (χ4n) is 3.05. The summed E-state index contributed by atoms with van der Waals surface area (Å²) in [5, 5.41) is 5.81. The molecule has 2 fully saturated rings. The molecule has 1 unspecified atom stereocenters. The third-order valence-electron chi connectivity index (χ3n) is 4.28. The van der Waals surface area contributed by atoms with Crippen LogP contribution >= 0.6 is 0 Å². The summed E-state index contributed by atoms with van der Waals surface area (Å²) in [5.74, 6) is 0.230. The van der Waals surface area contributed by atoms with Gasteiger partial charge in [-0.05, 0) is 30.7 Å². The van der Waals surface area contributed by atoms with E-state index in [0.29, 0.717) is 6.04 Å². The molecule has 0 aromatic heterocycles. The molecule has 1 N–H and O–H groups in total. The van der Waals surface area contributed by atoms with Crippen molar-refractivity contribution in [3.8, 4) is 0 Å². The lowest BCUT2D eigenvalue weighted by Gasteiger charge is -2.19. The quantitative estimate of drug-likeness (QED) is 0.926. The first-order chi connectivity index (χ1) is 9.83. The van der Waals surface area contributed by atoms with Crippen molar-refractivity contribution in [2.75, 3.05) is 11.4 Å². The maximum absolute atomic E-state index is 12.6. The van der Waals surface area contributed by atoms with Crippen molar-refractivity contribution in [1.82, 2.24) is 5.32 Å². The van der Waals surface area contributed by atoms with Crippen molar-refractivity contribution >= 4 is 22.4 Å². The van der Waals surface area contributed by atoms with Crippen molar-refractivity contribution in [1.29, 1.82) is 0 Å². The van der Waals surface area contributed by atoms with Crippen molar-refractivity contribution in [2.24, 2.45) is 0 Å². The molecule has 1 saturated carbocycles. The van der Waals surface area contributed by atoms with Gasteiger partial charge in [0, 0.05) is 18.0 Å². The van der Waals surface area contributed by atoms with Crippen molar-refractivity contribution in [2.45, 2.75) is 31.3 Å². The number of amides is 1. The van der Waals surface area contributed by atoms with E-state index in [1.807, 2.05) is 23.1 Å². The van der Waals surface area contributed by atoms with Gasteiger partial charge in [0.05, 0.1) is 11.7 Å². The van der Waals surface area contributed by atoms with Gasteiger partial charge in [-0.1, -0.05) is 36.4 Å². The number of carbonyl (C=O) groups excluding carboxylic acids is 1. The zero-order valence-corrected chi connectivity index (χ0v) is 11.4. The monoisotopic (exact) mass is 266 g/mol. The van der Waals surface area contributed by atoms with E-state index in [4.69, 9.17) is 0 Å². The molecule has 0 spiro atoms. The number of benzene rings is 2. The zero-order chi connectivity index (χ0) is 13.5. The van der Waals surface area contributed by atoms with Gasteiger partial charge in [-0.15, -0.1) is 0 Å². The average molecular weight is 266 g/mol. The molecule has 4 rings (SSSR count). The van der Waals surface area contributed by atoms with Gasteiger partial charge in [0.15, 0.2) is 0 Å². The number of rotatable bonds is 3. The predicted molar refractivity (Wildman–Crippen MR) is 80.9 cm³/mol. The third-order valence-corrected chi connectivity index (χ3v) is 4.28. The average Bonchev–Trinajstić information content (AvgIpc) is 3.23. The van der Waals surface area contributed by atoms with Crippen LogP contribution in [0.3, 0.4) is 0 Å². The van der Waals surface area contributed by atoms with E-state index in [1.165, 1.54) is 18.2 Å². The second-order valence-corrected chi connectivity index (χ2v) is 5.77. The van der Waals surface area contributed by atoms with Gasteiger partial charge in [0.1, 0.15) is 0 Å².